The number of aryl methyl sites for hydroxylation is 1. The van der Waals surface area contributed by atoms with Crippen molar-refractivity contribution in [1.29, 1.82) is 0 Å². The highest BCUT2D eigenvalue weighted by molar-refractivity contribution is 5.94. The van der Waals surface area contributed by atoms with E-state index in [4.69, 9.17) is 10.5 Å². The predicted molar refractivity (Wildman–Crippen MR) is 75.4 cm³/mol. The summed E-state index contributed by atoms with van der Waals surface area (Å²) in [6.45, 7) is 2.62. The van der Waals surface area contributed by atoms with Gasteiger partial charge in [0.05, 0.1) is 7.11 Å². The van der Waals surface area contributed by atoms with Gasteiger partial charge in [-0.3, -0.25) is 4.79 Å². The highest BCUT2D eigenvalue weighted by Crippen LogP contribution is 2.23. The van der Waals surface area contributed by atoms with Crippen LogP contribution in [0.3, 0.4) is 0 Å². The first-order valence-electron chi connectivity index (χ1n) is 6.80. The van der Waals surface area contributed by atoms with E-state index in [9.17, 15) is 4.79 Å². The van der Waals surface area contributed by atoms with Crippen molar-refractivity contribution in [2.45, 2.75) is 32.2 Å². The van der Waals surface area contributed by atoms with Gasteiger partial charge < -0.3 is 15.8 Å². The molecule has 0 radical (unpaired) electrons. The Morgan fingerprint density at radius 1 is 1.47 bits per heavy atom. The highest BCUT2D eigenvalue weighted by atomic mass is 16.5. The lowest BCUT2D eigenvalue weighted by Crippen LogP contribution is -2.36. The molecule has 1 aliphatic carbocycles. The standard InChI is InChI=1S/C15H22N2O2/c1-10-6-7-11(8-14(10)19-2)15(18)17-9-12-4-3-5-13(12)16/h6-8,12-13H,3-5,9,16H2,1-2H3,(H,17,18). The summed E-state index contributed by atoms with van der Waals surface area (Å²) in [5, 5.41) is 2.97. The number of methoxy groups -OCH3 is 1. The number of ether oxygens (including phenoxy) is 1. The number of amides is 1. The maximum Gasteiger partial charge on any atom is 0.251 e. The van der Waals surface area contributed by atoms with Gasteiger partial charge in [-0.05, 0) is 43.4 Å². The van der Waals surface area contributed by atoms with E-state index < -0.39 is 0 Å². The van der Waals surface area contributed by atoms with E-state index in [2.05, 4.69) is 5.32 Å². The molecule has 0 heterocycles. The molecule has 1 aromatic rings. The van der Waals surface area contributed by atoms with Crippen LogP contribution in [-0.2, 0) is 0 Å². The number of hydrogen-bond acceptors (Lipinski definition) is 3. The summed E-state index contributed by atoms with van der Waals surface area (Å²) in [5.41, 5.74) is 7.66. The molecule has 0 spiro atoms. The molecule has 1 saturated carbocycles. The van der Waals surface area contributed by atoms with Crippen LogP contribution in [0.1, 0.15) is 35.2 Å². The molecule has 3 N–H and O–H groups in total. The van der Waals surface area contributed by atoms with Gasteiger partial charge in [-0.25, -0.2) is 0 Å². The molecule has 0 aromatic heterocycles. The van der Waals surface area contributed by atoms with Crippen molar-refractivity contribution in [2.75, 3.05) is 13.7 Å². The smallest absolute Gasteiger partial charge is 0.251 e. The number of carbonyl (C=O) groups excluding carboxylic acids is 1. The lowest BCUT2D eigenvalue weighted by atomic mass is 10.0. The van der Waals surface area contributed by atoms with E-state index in [0.29, 0.717) is 18.0 Å². The molecule has 4 nitrogen and oxygen atoms in total. The van der Waals surface area contributed by atoms with Crippen molar-refractivity contribution in [3.8, 4) is 5.75 Å². The Kier molecular flexibility index (Phi) is 4.43. The second kappa shape index (κ2) is 6.06. The molecular formula is C15H22N2O2. The third-order valence-corrected chi connectivity index (χ3v) is 3.91. The van der Waals surface area contributed by atoms with Gasteiger partial charge in [0.1, 0.15) is 5.75 Å². The maximum atomic E-state index is 12.1. The summed E-state index contributed by atoms with van der Waals surface area (Å²) in [4.78, 5) is 12.1. The average molecular weight is 262 g/mol. The van der Waals surface area contributed by atoms with Crippen molar-refractivity contribution in [1.82, 2.24) is 5.32 Å². The summed E-state index contributed by atoms with van der Waals surface area (Å²) < 4.78 is 5.23. The lowest BCUT2D eigenvalue weighted by Gasteiger charge is -2.16. The van der Waals surface area contributed by atoms with Gasteiger partial charge >= 0.3 is 0 Å². The number of rotatable bonds is 4. The van der Waals surface area contributed by atoms with E-state index in [1.54, 1.807) is 13.2 Å². The molecular weight excluding hydrogens is 240 g/mol. The first-order valence-corrected chi connectivity index (χ1v) is 6.80. The van der Waals surface area contributed by atoms with Crippen LogP contribution in [0.25, 0.3) is 0 Å². The van der Waals surface area contributed by atoms with Gasteiger partial charge in [0, 0.05) is 18.2 Å². The van der Waals surface area contributed by atoms with Crippen molar-refractivity contribution in [2.24, 2.45) is 11.7 Å². The summed E-state index contributed by atoms with van der Waals surface area (Å²) >= 11 is 0. The zero-order chi connectivity index (χ0) is 13.8. The fraction of sp³-hybridized carbons (Fsp3) is 0.533. The van der Waals surface area contributed by atoms with Crippen LogP contribution in [0.15, 0.2) is 18.2 Å². The van der Waals surface area contributed by atoms with Crippen molar-refractivity contribution >= 4 is 5.91 Å². The Labute approximate surface area is 114 Å². The minimum absolute atomic E-state index is 0.0580. The second-order valence-corrected chi connectivity index (χ2v) is 5.25. The van der Waals surface area contributed by atoms with Crippen molar-refractivity contribution in [3.05, 3.63) is 29.3 Å². The molecule has 19 heavy (non-hydrogen) atoms. The summed E-state index contributed by atoms with van der Waals surface area (Å²) in [6, 6.07) is 5.73. The van der Waals surface area contributed by atoms with Crippen molar-refractivity contribution < 1.29 is 9.53 Å². The predicted octanol–water partition coefficient (Wildman–Crippen LogP) is 1.86. The fourth-order valence-corrected chi connectivity index (χ4v) is 2.61. The van der Waals surface area contributed by atoms with Crippen LogP contribution in [-0.4, -0.2) is 25.6 Å². The lowest BCUT2D eigenvalue weighted by molar-refractivity contribution is 0.0946. The molecule has 0 aliphatic heterocycles. The van der Waals surface area contributed by atoms with E-state index in [0.717, 1.165) is 24.2 Å². The SMILES string of the molecule is COc1cc(C(=O)NCC2CCCC2N)ccc1C. The largest absolute Gasteiger partial charge is 0.496 e. The molecule has 4 heteroatoms. The van der Waals surface area contributed by atoms with Crippen LogP contribution < -0.4 is 15.8 Å². The molecule has 2 rings (SSSR count). The van der Waals surface area contributed by atoms with Crippen LogP contribution in [0.4, 0.5) is 0 Å². The number of nitrogens with one attached hydrogen (secondary N) is 1. The Bertz CT molecular complexity index is 459. The molecule has 1 fully saturated rings. The highest BCUT2D eigenvalue weighted by Gasteiger charge is 2.24. The van der Waals surface area contributed by atoms with Gasteiger partial charge in [0.25, 0.3) is 5.91 Å². The van der Waals surface area contributed by atoms with Gasteiger partial charge in [-0.15, -0.1) is 0 Å². The zero-order valence-corrected chi connectivity index (χ0v) is 11.6. The monoisotopic (exact) mass is 262 g/mol. The van der Waals surface area contributed by atoms with Gasteiger partial charge in [0.2, 0.25) is 0 Å². The summed E-state index contributed by atoms with van der Waals surface area (Å²) in [5.74, 6) is 1.10. The van der Waals surface area contributed by atoms with Gasteiger partial charge in [0.15, 0.2) is 0 Å². The first-order chi connectivity index (χ1) is 9.11. The number of hydrogen-bond donors (Lipinski definition) is 2. The minimum atomic E-state index is -0.0580. The van der Waals surface area contributed by atoms with E-state index in [1.165, 1.54) is 6.42 Å². The molecule has 2 unspecified atom stereocenters. The third kappa shape index (κ3) is 3.26. The summed E-state index contributed by atoms with van der Waals surface area (Å²) in [6.07, 6.45) is 3.34. The molecule has 0 bridgehead atoms. The Balaban J connectivity index is 1.96. The van der Waals surface area contributed by atoms with E-state index >= 15 is 0 Å². The van der Waals surface area contributed by atoms with Crippen molar-refractivity contribution in [3.63, 3.8) is 0 Å². The molecule has 1 aromatic carbocycles. The Morgan fingerprint density at radius 2 is 2.26 bits per heavy atom. The fourth-order valence-electron chi connectivity index (χ4n) is 2.61. The van der Waals surface area contributed by atoms with Gasteiger partial charge in [-0.2, -0.15) is 0 Å². The topological polar surface area (TPSA) is 64.3 Å². The number of carbonyl (C=O) groups is 1. The zero-order valence-electron chi connectivity index (χ0n) is 11.6. The van der Waals surface area contributed by atoms with Crippen LogP contribution in [0.2, 0.25) is 0 Å². The molecule has 1 aliphatic rings. The van der Waals surface area contributed by atoms with Gasteiger partial charge in [-0.1, -0.05) is 12.5 Å². The molecule has 104 valence electrons. The Morgan fingerprint density at radius 3 is 2.89 bits per heavy atom. The quantitative estimate of drug-likeness (QED) is 0.870. The number of nitrogens with two attached hydrogens (primary N) is 1. The van der Waals surface area contributed by atoms with Crippen LogP contribution in [0, 0.1) is 12.8 Å². The average Bonchev–Trinajstić information content (AvgIpc) is 2.82. The van der Waals surface area contributed by atoms with Crippen LogP contribution >= 0.6 is 0 Å². The van der Waals surface area contributed by atoms with E-state index in [1.807, 2.05) is 19.1 Å². The molecule has 0 saturated heterocycles. The first kappa shape index (κ1) is 13.9. The summed E-state index contributed by atoms with van der Waals surface area (Å²) in [7, 11) is 1.61. The number of benzene rings is 1. The molecule has 1 amide bonds. The normalized spacial score (nSPS) is 22.3. The Hall–Kier alpha value is -1.55. The van der Waals surface area contributed by atoms with E-state index in [-0.39, 0.29) is 11.9 Å². The van der Waals surface area contributed by atoms with Crippen LogP contribution in [0.5, 0.6) is 5.75 Å². The minimum Gasteiger partial charge on any atom is -0.496 e. The maximum absolute atomic E-state index is 12.1. The second-order valence-electron chi connectivity index (χ2n) is 5.25. The third-order valence-electron chi connectivity index (χ3n) is 3.91. The molecule has 2 atom stereocenters.